The van der Waals surface area contributed by atoms with Crippen molar-refractivity contribution < 1.29 is 13.9 Å². The molecule has 3 nitrogen and oxygen atoms in total. The second-order valence-corrected chi connectivity index (χ2v) is 7.97. The van der Waals surface area contributed by atoms with E-state index < -0.39 is 0 Å². The van der Waals surface area contributed by atoms with Gasteiger partial charge < -0.3 is 10.1 Å². The Morgan fingerprint density at radius 1 is 1.00 bits per heavy atom. The Bertz CT molecular complexity index is 985. The summed E-state index contributed by atoms with van der Waals surface area (Å²) in [7, 11) is 0. The van der Waals surface area contributed by atoms with Crippen LogP contribution in [0, 0.1) is 18.7 Å². The molecular weight excluding hydrogens is 377 g/mol. The summed E-state index contributed by atoms with van der Waals surface area (Å²) in [5.74, 6) is 0.703. The number of benzene rings is 3. The van der Waals surface area contributed by atoms with Crippen molar-refractivity contribution >= 4 is 5.91 Å². The molecule has 1 amide bonds. The van der Waals surface area contributed by atoms with Crippen molar-refractivity contribution in [2.45, 2.75) is 39.8 Å². The Morgan fingerprint density at radius 3 is 2.47 bits per heavy atom. The van der Waals surface area contributed by atoms with Crippen molar-refractivity contribution in [1.82, 2.24) is 5.32 Å². The van der Waals surface area contributed by atoms with Crippen LogP contribution in [0.1, 0.15) is 53.4 Å². The minimum absolute atomic E-state index is 0.178. The molecule has 0 fully saturated rings. The molecule has 0 aliphatic heterocycles. The third-order valence-corrected chi connectivity index (χ3v) is 4.95. The van der Waals surface area contributed by atoms with E-state index in [4.69, 9.17) is 4.74 Å². The first kappa shape index (κ1) is 21.6. The summed E-state index contributed by atoms with van der Waals surface area (Å²) < 4.78 is 19.9. The lowest BCUT2D eigenvalue weighted by Gasteiger charge is -2.22. The number of carbonyl (C=O) groups is 1. The van der Waals surface area contributed by atoms with Gasteiger partial charge in [0, 0.05) is 5.56 Å². The zero-order valence-electron chi connectivity index (χ0n) is 17.7. The van der Waals surface area contributed by atoms with Crippen molar-refractivity contribution in [2.75, 3.05) is 0 Å². The number of para-hydroxylation sites is 1. The monoisotopic (exact) mass is 405 g/mol. The largest absolute Gasteiger partial charge is 0.489 e. The fourth-order valence-corrected chi connectivity index (χ4v) is 3.30. The summed E-state index contributed by atoms with van der Waals surface area (Å²) in [6.07, 6.45) is 0.727. The van der Waals surface area contributed by atoms with Crippen LogP contribution in [-0.2, 0) is 6.61 Å². The van der Waals surface area contributed by atoms with Crippen molar-refractivity contribution in [3.8, 4) is 5.75 Å². The molecule has 0 radical (unpaired) electrons. The Morgan fingerprint density at radius 2 is 1.77 bits per heavy atom. The second kappa shape index (κ2) is 10.1. The van der Waals surface area contributed by atoms with Crippen molar-refractivity contribution in [3.63, 3.8) is 0 Å². The van der Waals surface area contributed by atoms with Crippen LogP contribution in [0.15, 0.2) is 72.8 Å². The van der Waals surface area contributed by atoms with Crippen molar-refractivity contribution in [1.29, 1.82) is 0 Å². The van der Waals surface area contributed by atoms with E-state index >= 15 is 0 Å². The van der Waals surface area contributed by atoms with Crippen LogP contribution in [0.3, 0.4) is 0 Å². The van der Waals surface area contributed by atoms with Gasteiger partial charge in [-0.2, -0.15) is 0 Å². The van der Waals surface area contributed by atoms with Gasteiger partial charge in [-0.3, -0.25) is 4.79 Å². The van der Waals surface area contributed by atoms with Crippen molar-refractivity contribution in [3.05, 3.63) is 101 Å². The quantitative estimate of drug-likeness (QED) is 0.482. The summed E-state index contributed by atoms with van der Waals surface area (Å²) >= 11 is 0. The standard InChI is InChI=1S/C26H28FNO2/c1-18(2)14-25(21-13-12-19(3)24(27)16-21)28-26(29)22-9-7-8-20(15-22)17-30-23-10-5-4-6-11-23/h4-13,15-16,18,25H,14,17H2,1-3H3,(H,28,29). The first-order chi connectivity index (χ1) is 14.4. The molecule has 0 saturated heterocycles. The molecule has 3 rings (SSSR count). The van der Waals surface area contributed by atoms with E-state index in [-0.39, 0.29) is 17.8 Å². The summed E-state index contributed by atoms with van der Waals surface area (Å²) in [5, 5.41) is 3.08. The molecule has 0 heterocycles. The SMILES string of the molecule is Cc1ccc(C(CC(C)C)NC(=O)c2cccc(COc3ccccc3)c2)cc1F. The Labute approximate surface area is 177 Å². The highest BCUT2D eigenvalue weighted by Gasteiger charge is 2.18. The Hall–Kier alpha value is -3.14. The molecule has 0 aliphatic rings. The number of rotatable bonds is 8. The molecule has 1 N–H and O–H groups in total. The number of halogens is 1. The molecule has 0 aliphatic carbocycles. The second-order valence-electron chi connectivity index (χ2n) is 7.97. The Kier molecular flexibility index (Phi) is 7.23. The zero-order valence-corrected chi connectivity index (χ0v) is 17.7. The fourth-order valence-electron chi connectivity index (χ4n) is 3.30. The maximum absolute atomic E-state index is 14.1. The van der Waals surface area contributed by atoms with E-state index in [1.54, 1.807) is 19.1 Å². The molecule has 4 heteroatoms. The van der Waals surface area contributed by atoms with Gasteiger partial charge >= 0.3 is 0 Å². The van der Waals surface area contributed by atoms with Crippen LogP contribution in [0.25, 0.3) is 0 Å². The van der Waals surface area contributed by atoms with Gasteiger partial charge in [-0.05, 0) is 66.3 Å². The van der Waals surface area contributed by atoms with Crippen LogP contribution in [0.4, 0.5) is 4.39 Å². The van der Waals surface area contributed by atoms with Crippen LogP contribution in [0.2, 0.25) is 0 Å². The molecule has 1 unspecified atom stereocenters. The summed E-state index contributed by atoms with van der Waals surface area (Å²) in [6.45, 7) is 6.29. The third kappa shape index (κ3) is 5.93. The van der Waals surface area contributed by atoms with Gasteiger partial charge in [0.15, 0.2) is 0 Å². The summed E-state index contributed by atoms with van der Waals surface area (Å²) in [4.78, 5) is 12.9. The molecule has 0 bridgehead atoms. The lowest BCUT2D eigenvalue weighted by atomic mass is 9.95. The first-order valence-electron chi connectivity index (χ1n) is 10.3. The maximum atomic E-state index is 14.1. The normalized spacial score (nSPS) is 11.9. The number of nitrogens with one attached hydrogen (secondary N) is 1. The number of hydrogen-bond donors (Lipinski definition) is 1. The van der Waals surface area contributed by atoms with E-state index in [0.29, 0.717) is 23.7 Å². The topological polar surface area (TPSA) is 38.3 Å². The number of amides is 1. The van der Waals surface area contributed by atoms with Gasteiger partial charge in [-0.15, -0.1) is 0 Å². The smallest absolute Gasteiger partial charge is 0.251 e. The Balaban J connectivity index is 1.72. The van der Waals surface area contributed by atoms with Gasteiger partial charge in [-0.1, -0.05) is 56.3 Å². The predicted octanol–water partition coefficient (Wildman–Crippen LogP) is 6.23. The van der Waals surface area contributed by atoms with Gasteiger partial charge in [-0.25, -0.2) is 4.39 Å². The highest BCUT2D eigenvalue weighted by molar-refractivity contribution is 5.94. The first-order valence-corrected chi connectivity index (χ1v) is 10.3. The maximum Gasteiger partial charge on any atom is 0.251 e. The lowest BCUT2D eigenvalue weighted by molar-refractivity contribution is 0.0931. The van der Waals surface area contributed by atoms with Gasteiger partial charge in [0.2, 0.25) is 0 Å². The van der Waals surface area contributed by atoms with Crippen LogP contribution in [-0.4, -0.2) is 5.91 Å². The molecule has 3 aromatic rings. The summed E-state index contributed by atoms with van der Waals surface area (Å²) in [5.41, 5.74) is 2.85. The van der Waals surface area contributed by atoms with Crippen LogP contribution < -0.4 is 10.1 Å². The van der Waals surface area contributed by atoms with E-state index in [1.165, 1.54) is 6.07 Å². The molecule has 156 valence electrons. The number of carbonyl (C=O) groups excluding carboxylic acids is 1. The molecule has 30 heavy (non-hydrogen) atoms. The average Bonchev–Trinajstić information content (AvgIpc) is 2.74. The van der Waals surface area contributed by atoms with Crippen LogP contribution >= 0.6 is 0 Å². The molecule has 0 aromatic heterocycles. The van der Waals surface area contributed by atoms with E-state index in [9.17, 15) is 9.18 Å². The molecule has 3 aromatic carbocycles. The predicted molar refractivity (Wildman–Crippen MR) is 118 cm³/mol. The van der Waals surface area contributed by atoms with Gasteiger partial charge in [0.1, 0.15) is 18.2 Å². The highest BCUT2D eigenvalue weighted by atomic mass is 19.1. The number of ether oxygens (including phenoxy) is 1. The van der Waals surface area contributed by atoms with E-state index in [2.05, 4.69) is 19.2 Å². The molecule has 0 saturated carbocycles. The fraction of sp³-hybridized carbons (Fsp3) is 0.269. The number of hydrogen-bond acceptors (Lipinski definition) is 2. The van der Waals surface area contributed by atoms with E-state index in [0.717, 1.165) is 23.3 Å². The third-order valence-electron chi connectivity index (χ3n) is 4.95. The lowest BCUT2D eigenvalue weighted by Crippen LogP contribution is -2.29. The van der Waals surface area contributed by atoms with Crippen molar-refractivity contribution in [2.24, 2.45) is 5.92 Å². The zero-order chi connectivity index (χ0) is 21.5. The van der Waals surface area contributed by atoms with Gasteiger partial charge in [0.25, 0.3) is 5.91 Å². The van der Waals surface area contributed by atoms with Gasteiger partial charge in [0.05, 0.1) is 6.04 Å². The molecule has 1 atom stereocenters. The average molecular weight is 406 g/mol. The highest BCUT2D eigenvalue weighted by Crippen LogP contribution is 2.24. The molecule has 0 spiro atoms. The van der Waals surface area contributed by atoms with E-state index in [1.807, 2.05) is 54.6 Å². The summed E-state index contributed by atoms with van der Waals surface area (Å²) in [6, 6.07) is 21.9. The molecular formula is C26H28FNO2. The number of aryl methyl sites for hydroxylation is 1. The van der Waals surface area contributed by atoms with Crippen LogP contribution in [0.5, 0.6) is 5.75 Å². The minimum Gasteiger partial charge on any atom is -0.489 e. The minimum atomic E-state index is -0.254.